The predicted octanol–water partition coefficient (Wildman–Crippen LogP) is 0.226. The lowest BCUT2D eigenvalue weighted by Crippen LogP contribution is -2.24. The third-order valence-corrected chi connectivity index (χ3v) is 1.27. The van der Waals surface area contributed by atoms with Crippen LogP contribution in [0, 0.1) is 0 Å². The number of hydrogen-bond acceptors (Lipinski definition) is 3. The maximum absolute atomic E-state index is 10.0. The maximum Gasteiger partial charge on any atom is 0.401 e. The average molecular weight is 143 g/mol. The molecule has 0 aromatic heterocycles. The van der Waals surface area contributed by atoms with Crippen molar-refractivity contribution in [2.45, 2.75) is 6.10 Å². The third-order valence-electron chi connectivity index (χ3n) is 0.919. The minimum Gasteiger partial charge on any atom is -0.480 e. The molecule has 3 nitrogen and oxygen atoms in total. The van der Waals surface area contributed by atoms with Crippen LogP contribution >= 0.6 is 12.2 Å². The Morgan fingerprint density at radius 2 is 2.44 bits per heavy atom. The Morgan fingerprint density at radius 3 is 2.67 bits per heavy atom. The molecule has 1 radical (unpaired) electrons. The lowest BCUT2D eigenvalue weighted by molar-refractivity contribution is -0.149. The van der Waals surface area contributed by atoms with Gasteiger partial charge in [-0.1, -0.05) is 12.2 Å². The molecule has 1 aliphatic rings. The van der Waals surface area contributed by atoms with E-state index in [4.69, 9.17) is 0 Å². The topological polar surface area (TPSA) is 46.2 Å². The Bertz CT molecular complexity index is 185. The zero-order valence-electron chi connectivity index (χ0n) is 4.37. The fraction of sp³-hybridized carbons (Fsp3) is 0.200. The van der Waals surface area contributed by atoms with Crippen LogP contribution in [0.15, 0.2) is 12.3 Å². The first-order chi connectivity index (χ1) is 4.22. The summed E-state index contributed by atoms with van der Waals surface area (Å²) in [7, 11) is 0. The minimum absolute atomic E-state index is 0.259. The van der Waals surface area contributed by atoms with Crippen LogP contribution in [0.2, 0.25) is 0 Å². The smallest absolute Gasteiger partial charge is 0.401 e. The van der Waals surface area contributed by atoms with Gasteiger partial charge in [0.1, 0.15) is 0 Å². The zero-order chi connectivity index (χ0) is 6.85. The van der Waals surface area contributed by atoms with Crippen LogP contribution < -0.4 is 0 Å². The second-order valence-corrected chi connectivity index (χ2v) is 2.01. The van der Waals surface area contributed by atoms with Crippen molar-refractivity contribution in [3.8, 4) is 0 Å². The average Bonchev–Trinajstić information content (AvgIpc) is 2.13. The number of ether oxygens (including phenoxy) is 1. The highest BCUT2D eigenvalue weighted by molar-refractivity contribution is 7.81. The summed E-state index contributed by atoms with van der Waals surface area (Å²) in [6.07, 6.45) is 1.64. The standard InChI is InChI=1S/C5H3O3S/c6-5(7)4-3(9)1-2-8-4/h1-2,4H. The summed E-state index contributed by atoms with van der Waals surface area (Å²) in [6.45, 7) is 0. The van der Waals surface area contributed by atoms with Gasteiger partial charge in [-0.3, -0.25) is 0 Å². The highest BCUT2D eigenvalue weighted by Gasteiger charge is 2.26. The van der Waals surface area contributed by atoms with E-state index in [1.54, 1.807) is 0 Å². The van der Waals surface area contributed by atoms with Crippen LogP contribution in [-0.2, 0) is 14.6 Å². The van der Waals surface area contributed by atoms with E-state index in [2.05, 4.69) is 17.0 Å². The second kappa shape index (κ2) is 2.14. The molecule has 0 aromatic rings. The molecule has 9 heavy (non-hydrogen) atoms. The number of rotatable bonds is 1. The van der Waals surface area contributed by atoms with E-state index in [1.165, 1.54) is 12.3 Å². The highest BCUT2D eigenvalue weighted by atomic mass is 32.1. The van der Waals surface area contributed by atoms with Gasteiger partial charge in [0.2, 0.25) is 6.10 Å². The van der Waals surface area contributed by atoms with Crippen molar-refractivity contribution in [2.24, 2.45) is 0 Å². The molecule has 1 aliphatic heterocycles. The van der Waals surface area contributed by atoms with Crippen molar-refractivity contribution in [2.75, 3.05) is 0 Å². The number of thiocarbonyl (C=S) groups is 1. The van der Waals surface area contributed by atoms with Crippen LogP contribution in [0.25, 0.3) is 0 Å². The fourth-order valence-corrected chi connectivity index (χ4v) is 0.718. The van der Waals surface area contributed by atoms with Gasteiger partial charge >= 0.3 is 5.97 Å². The fourth-order valence-electron chi connectivity index (χ4n) is 0.511. The van der Waals surface area contributed by atoms with Crippen molar-refractivity contribution in [3.63, 3.8) is 0 Å². The van der Waals surface area contributed by atoms with Crippen molar-refractivity contribution in [3.05, 3.63) is 12.3 Å². The molecule has 0 fully saturated rings. The summed E-state index contributed by atoms with van der Waals surface area (Å²) in [6, 6.07) is 0. The first-order valence-corrected chi connectivity index (χ1v) is 2.69. The van der Waals surface area contributed by atoms with Gasteiger partial charge in [-0.2, -0.15) is 0 Å². The zero-order valence-corrected chi connectivity index (χ0v) is 5.18. The van der Waals surface area contributed by atoms with E-state index in [1.807, 2.05) is 0 Å². The van der Waals surface area contributed by atoms with E-state index in [9.17, 15) is 9.90 Å². The van der Waals surface area contributed by atoms with Crippen molar-refractivity contribution in [1.29, 1.82) is 0 Å². The lowest BCUT2D eigenvalue weighted by Gasteiger charge is -1.99. The van der Waals surface area contributed by atoms with Gasteiger partial charge in [-0.25, -0.2) is 9.90 Å². The van der Waals surface area contributed by atoms with E-state index in [0.717, 1.165) is 0 Å². The monoisotopic (exact) mass is 143 g/mol. The molecule has 1 heterocycles. The molecule has 1 rings (SSSR count). The molecule has 1 atom stereocenters. The van der Waals surface area contributed by atoms with Gasteiger partial charge in [-0.15, -0.1) is 0 Å². The Hall–Kier alpha value is -0.900. The Morgan fingerprint density at radius 1 is 1.78 bits per heavy atom. The van der Waals surface area contributed by atoms with E-state index < -0.39 is 12.1 Å². The Kier molecular flexibility index (Phi) is 1.48. The van der Waals surface area contributed by atoms with Crippen LogP contribution in [0.1, 0.15) is 0 Å². The van der Waals surface area contributed by atoms with Gasteiger partial charge in [0.05, 0.1) is 11.1 Å². The van der Waals surface area contributed by atoms with Gasteiger partial charge in [-0.05, 0) is 6.08 Å². The number of carbonyl (C=O) groups is 1. The molecule has 0 amide bonds. The Balaban J connectivity index is 2.66. The summed E-state index contributed by atoms with van der Waals surface area (Å²) in [5, 5.41) is 10.0. The third kappa shape index (κ3) is 1.08. The molecule has 0 N–H and O–H groups in total. The molecule has 0 spiro atoms. The number of carbonyl (C=O) groups excluding carboxylic acids is 1. The van der Waals surface area contributed by atoms with Crippen molar-refractivity contribution < 1.29 is 14.6 Å². The largest absolute Gasteiger partial charge is 0.480 e. The minimum atomic E-state index is -1.29. The van der Waals surface area contributed by atoms with Crippen LogP contribution in [0.3, 0.4) is 0 Å². The summed E-state index contributed by atoms with van der Waals surface area (Å²) >= 11 is 4.58. The summed E-state index contributed by atoms with van der Waals surface area (Å²) in [4.78, 5) is 10.3. The molecule has 0 bridgehead atoms. The maximum atomic E-state index is 10.0. The molecule has 0 aliphatic carbocycles. The first kappa shape index (κ1) is 6.22. The molecular formula is C5H3O3S. The SMILES string of the molecule is [O]C(=O)C1OC=CC1=S. The first-order valence-electron chi connectivity index (χ1n) is 2.28. The predicted molar refractivity (Wildman–Crippen MR) is 32.3 cm³/mol. The molecular weight excluding hydrogens is 140 g/mol. The van der Waals surface area contributed by atoms with Gasteiger partial charge < -0.3 is 4.74 Å². The quantitative estimate of drug-likeness (QED) is 0.493. The second-order valence-electron chi connectivity index (χ2n) is 1.54. The molecule has 0 aromatic carbocycles. The number of hydrogen-bond donors (Lipinski definition) is 0. The Labute approximate surface area is 56.9 Å². The summed E-state index contributed by atoms with van der Waals surface area (Å²) in [5.41, 5.74) is 0. The molecule has 0 saturated heterocycles. The van der Waals surface area contributed by atoms with Crippen LogP contribution in [-0.4, -0.2) is 16.9 Å². The van der Waals surface area contributed by atoms with Gasteiger partial charge in [0, 0.05) is 0 Å². The van der Waals surface area contributed by atoms with Crippen molar-refractivity contribution >= 4 is 23.1 Å². The van der Waals surface area contributed by atoms with Gasteiger partial charge in [0.25, 0.3) is 0 Å². The summed E-state index contributed by atoms with van der Waals surface area (Å²) < 4.78 is 4.54. The van der Waals surface area contributed by atoms with E-state index in [0.29, 0.717) is 0 Å². The van der Waals surface area contributed by atoms with Crippen LogP contribution in [0.4, 0.5) is 0 Å². The van der Waals surface area contributed by atoms with Crippen molar-refractivity contribution in [1.82, 2.24) is 0 Å². The molecule has 1 unspecified atom stereocenters. The van der Waals surface area contributed by atoms with Gasteiger partial charge in [0.15, 0.2) is 0 Å². The van der Waals surface area contributed by atoms with Crippen LogP contribution in [0.5, 0.6) is 0 Å². The van der Waals surface area contributed by atoms with E-state index in [-0.39, 0.29) is 4.86 Å². The van der Waals surface area contributed by atoms with E-state index >= 15 is 0 Å². The summed E-state index contributed by atoms with van der Waals surface area (Å²) in [5.74, 6) is -1.29. The molecule has 4 heteroatoms. The molecule has 0 saturated carbocycles. The highest BCUT2D eigenvalue weighted by Crippen LogP contribution is 2.06. The molecule has 47 valence electrons. The normalized spacial score (nSPS) is 24.0. The lowest BCUT2D eigenvalue weighted by atomic mass is 10.3.